The van der Waals surface area contributed by atoms with Crippen LogP contribution in [0.15, 0.2) is 29.3 Å². The molecule has 0 aliphatic rings. The summed E-state index contributed by atoms with van der Waals surface area (Å²) in [6.07, 6.45) is 1.94. The van der Waals surface area contributed by atoms with E-state index in [-0.39, 0.29) is 12.5 Å². The molecule has 21 heavy (non-hydrogen) atoms. The largest absolute Gasteiger partial charge is 0.355 e. The fourth-order valence-corrected chi connectivity index (χ4v) is 1.97. The minimum Gasteiger partial charge on any atom is -0.355 e. The minimum absolute atomic E-state index is 0.0197. The highest BCUT2D eigenvalue weighted by Crippen LogP contribution is 2.08. The number of nitrogens with zero attached hydrogens (tertiary/aromatic N) is 1. The van der Waals surface area contributed by atoms with Gasteiger partial charge in [0.25, 0.3) is 0 Å². The zero-order chi connectivity index (χ0) is 15.5. The van der Waals surface area contributed by atoms with E-state index in [0.717, 1.165) is 12.8 Å². The molecule has 0 unspecified atom stereocenters. The number of nitrogens with one attached hydrogen (secondary N) is 3. The van der Waals surface area contributed by atoms with Crippen LogP contribution in [0.4, 0.5) is 0 Å². The van der Waals surface area contributed by atoms with E-state index < -0.39 is 0 Å². The molecule has 0 aromatic heterocycles. The van der Waals surface area contributed by atoms with Crippen molar-refractivity contribution in [3.05, 3.63) is 35.4 Å². The number of aryl methyl sites for hydroxylation is 1. The predicted molar refractivity (Wildman–Crippen MR) is 87.3 cm³/mol. The summed E-state index contributed by atoms with van der Waals surface area (Å²) in [6, 6.07) is 8.32. The molecule has 0 aliphatic carbocycles. The smallest absolute Gasteiger partial charge is 0.239 e. The second-order valence-electron chi connectivity index (χ2n) is 4.75. The quantitative estimate of drug-likeness (QED) is 0.526. The standard InChI is InChI=1S/C16H26N4O/c1-4-10-18-15(21)12-20-16(17-3)19-11-14-9-7-6-8-13(14)5-2/h6-9H,4-5,10-12H2,1-3H3,(H,18,21)(H2,17,19,20). The number of hydrogen-bond donors (Lipinski definition) is 3. The zero-order valence-electron chi connectivity index (χ0n) is 13.2. The Morgan fingerprint density at radius 1 is 1.10 bits per heavy atom. The van der Waals surface area contributed by atoms with E-state index in [4.69, 9.17) is 0 Å². The molecule has 0 aliphatic heterocycles. The van der Waals surface area contributed by atoms with Crippen LogP contribution in [-0.4, -0.2) is 32.0 Å². The Labute approximate surface area is 127 Å². The highest BCUT2D eigenvalue weighted by Gasteiger charge is 2.04. The number of carbonyl (C=O) groups excluding carboxylic acids is 1. The Bertz CT molecular complexity index is 471. The highest BCUT2D eigenvalue weighted by molar-refractivity contribution is 5.86. The van der Waals surface area contributed by atoms with E-state index in [9.17, 15) is 4.79 Å². The molecule has 1 aromatic carbocycles. The first-order chi connectivity index (χ1) is 10.2. The van der Waals surface area contributed by atoms with Crippen molar-refractivity contribution in [2.24, 2.45) is 4.99 Å². The highest BCUT2D eigenvalue weighted by atomic mass is 16.1. The van der Waals surface area contributed by atoms with Crippen molar-refractivity contribution in [2.75, 3.05) is 20.1 Å². The Balaban J connectivity index is 2.43. The van der Waals surface area contributed by atoms with Gasteiger partial charge in [0.05, 0.1) is 6.54 Å². The van der Waals surface area contributed by atoms with Gasteiger partial charge in [-0.05, 0) is 24.0 Å². The van der Waals surface area contributed by atoms with Crippen molar-refractivity contribution >= 4 is 11.9 Å². The Kier molecular flexibility index (Phi) is 7.94. The normalized spacial score (nSPS) is 11.1. The molecule has 0 heterocycles. The van der Waals surface area contributed by atoms with E-state index in [1.807, 2.05) is 19.1 Å². The summed E-state index contributed by atoms with van der Waals surface area (Å²) >= 11 is 0. The number of rotatable bonds is 7. The number of hydrogen-bond acceptors (Lipinski definition) is 2. The fourth-order valence-electron chi connectivity index (χ4n) is 1.97. The molecule has 3 N–H and O–H groups in total. The van der Waals surface area contributed by atoms with Crippen LogP contribution in [-0.2, 0) is 17.8 Å². The maximum Gasteiger partial charge on any atom is 0.239 e. The van der Waals surface area contributed by atoms with E-state index in [1.165, 1.54) is 11.1 Å². The Hall–Kier alpha value is -2.04. The van der Waals surface area contributed by atoms with E-state index in [2.05, 4.69) is 40.0 Å². The molecule has 0 fully saturated rings. The first-order valence-corrected chi connectivity index (χ1v) is 7.49. The molecule has 0 spiro atoms. The van der Waals surface area contributed by atoms with Crippen LogP contribution in [0.25, 0.3) is 0 Å². The summed E-state index contributed by atoms with van der Waals surface area (Å²) in [6.45, 7) is 5.80. The molecule has 1 amide bonds. The third-order valence-corrected chi connectivity index (χ3v) is 3.16. The summed E-state index contributed by atoms with van der Waals surface area (Å²) in [4.78, 5) is 15.7. The summed E-state index contributed by atoms with van der Waals surface area (Å²) < 4.78 is 0. The molecule has 0 bridgehead atoms. The van der Waals surface area contributed by atoms with E-state index >= 15 is 0 Å². The van der Waals surface area contributed by atoms with Crippen LogP contribution in [0.5, 0.6) is 0 Å². The van der Waals surface area contributed by atoms with E-state index in [0.29, 0.717) is 19.0 Å². The maximum atomic E-state index is 11.5. The minimum atomic E-state index is -0.0197. The molecule has 0 radical (unpaired) electrons. The molecule has 116 valence electrons. The van der Waals surface area contributed by atoms with Gasteiger partial charge < -0.3 is 16.0 Å². The van der Waals surface area contributed by atoms with Gasteiger partial charge in [0.1, 0.15) is 0 Å². The second-order valence-corrected chi connectivity index (χ2v) is 4.75. The molecule has 5 heteroatoms. The lowest BCUT2D eigenvalue weighted by Gasteiger charge is -2.13. The van der Waals surface area contributed by atoms with Crippen molar-refractivity contribution in [1.29, 1.82) is 0 Å². The number of amides is 1. The van der Waals surface area contributed by atoms with Crippen molar-refractivity contribution in [3.63, 3.8) is 0 Å². The van der Waals surface area contributed by atoms with Crippen molar-refractivity contribution in [2.45, 2.75) is 33.2 Å². The maximum absolute atomic E-state index is 11.5. The summed E-state index contributed by atoms with van der Waals surface area (Å²) in [5.74, 6) is 0.612. The van der Waals surface area contributed by atoms with Crippen molar-refractivity contribution in [3.8, 4) is 0 Å². The Morgan fingerprint density at radius 3 is 2.43 bits per heavy atom. The molecular weight excluding hydrogens is 264 g/mol. The molecule has 0 saturated heterocycles. The van der Waals surface area contributed by atoms with Gasteiger partial charge in [-0.25, -0.2) is 0 Å². The number of benzene rings is 1. The zero-order valence-corrected chi connectivity index (χ0v) is 13.2. The molecule has 0 atom stereocenters. The third-order valence-electron chi connectivity index (χ3n) is 3.16. The topological polar surface area (TPSA) is 65.5 Å². The molecule has 1 aromatic rings. The second kappa shape index (κ2) is 9.80. The van der Waals surface area contributed by atoms with Crippen LogP contribution < -0.4 is 16.0 Å². The molecule has 1 rings (SSSR count). The number of guanidine groups is 1. The summed E-state index contributed by atoms with van der Waals surface area (Å²) in [5.41, 5.74) is 2.57. The van der Waals surface area contributed by atoms with Gasteiger partial charge in [0.15, 0.2) is 5.96 Å². The Morgan fingerprint density at radius 2 is 1.81 bits per heavy atom. The summed E-state index contributed by atoms with van der Waals surface area (Å²) in [7, 11) is 1.70. The van der Waals surface area contributed by atoms with Crippen molar-refractivity contribution < 1.29 is 4.79 Å². The molecular formula is C16H26N4O. The van der Waals surface area contributed by atoms with Crippen LogP contribution in [0, 0.1) is 0 Å². The van der Waals surface area contributed by atoms with Gasteiger partial charge in [-0.3, -0.25) is 9.79 Å². The molecule has 5 nitrogen and oxygen atoms in total. The van der Waals surface area contributed by atoms with Crippen molar-refractivity contribution in [1.82, 2.24) is 16.0 Å². The molecule has 0 saturated carbocycles. The van der Waals surface area contributed by atoms with E-state index in [1.54, 1.807) is 7.05 Å². The average molecular weight is 290 g/mol. The van der Waals surface area contributed by atoms with Crippen LogP contribution in [0.3, 0.4) is 0 Å². The van der Waals surface area contributed by atoms with Crippen LogP contribution >= 0.6 is 0 Å². The predicted octanol–water partition coefficient (Wildman–Crippen LogP) is 1.44. The van der Waals surface area contributed by atoms with Crippen LogP contribution in [0.1, 0.15) is 31.4 Å². The number of aliphatic imine (C=N–C) groups is 1. The van der Waals surface area contributed by atoms with Gasteiger partial charge in [-0.15, -0.1) is 0 Å². The van der Waals surface area contributed by atoms with Gasteiger partial charge in [-0.2, -0.15) is 0 Å². The SMILES string of the molecule is CCCNC(=O)CNC(=NC)NCc1ccccc1CC. The van der Waals surface area contributed by atoms with Gasteiger partial charge in [0, 0.05) is 20.1 Å². The average Bonchev–Trinajstić information content (AvgIpc) is 2.53. The first kappa shape index (κ1) is 17.0. The van der Waals surface area contributed by atoms with Gasteiger partial charge in [-0.1, -0.05) is 38.1 Å². The third kappa shape index (κ3) is 6.29. The monoisotopic (exact) mass is 290 g/mol. The lowest BCUT2D eigenvalue weighted by molar-refractivity contribution is -0.120. The fraction of sp³-hybridized carbons (Fsp3) is 0.500. The number of carbonyl (C=O) groups is 1. The van der Waals surface area contributed by atoms with Gasteiger partial charge in [0.2, 0.25) is 5.91 Å². The van der Waals surface area contributed by atoms with Gasteiger partial charge >= 0.3 is 0 Å². The first-order valence-electron chi connectivity index (χ1n) is 7.49. The lowest BCUT2D eigenvalue weighted by atomic mass is 10.1. The van der Waals surface area contributed by atoms with Crippen LogP contribution in [0.2, 0.25) is 0 Å². The summed E-state index contributed by atoms with van der Waals surface area (Å²) in [5, 5.41) is 9.06. The lowest BCUT2D eigenvalue weighted by Crippen LogP contribution is -2.43.